The molecule has 0 aromatic heterocycles. The number of aliphatic hydroxyl groups excluding tert-OH is 1. The predicted octanol–water partition coefficient (Wildman–Crippen LogP) is 4.79. The molecule has 2 aliphatic carbocycles. The molecule has 5 rings (SSSR count). The van der Waals surface area contributed by atoms with E-state index in [0.29, 0.717) is 18.4 Å². The molecule has 1 aliphatic heterocycles. The fourth-order valence-electron chi connectivity index (χ4n) is 7.50. The lowest BCUT2D eigenvalue weighted by molar-refractivity contribution is -0.306. The van der Waals surface area contributed by atoms with Gasteiger partial charge in [0.1, 0.15) is 24.9 Å². The fraction of sp³-hybridized carbons (Fsp3) is 0.500. The molecule has 3 fully saturated rings. The van der Waals surface area contributed by atoms with Gasteiger partial charge in [0.05, 0.1) is 28.3 Å². The Labute approximate surface area is 247 Å². The molecule has 2 bridgehead atoms. The van der Waals surface area contributed by atoms with Crippen LogP contribution in [0.25, 0.3) is 6.08 Å². The molecule has 1 heterocycles. The predicted molar refractivity (Wildman–Crippen MR) is 155 cm³/mol. The molecule has 2 aromatic carbocycles. The van der Waals surface area contributed by atoms with Crippen LogP contribution in [0.2, 0.25) is 0 Å². The van der Waals surface area contributed by atoms with Crippen molar-refractivity contribution in [2.45, 2.75) is 83.1 Å². The summed E-state index contributed by atoms with van der Waals surface area (Å²) in [6.45, 7) is 8.95. The van der Waals surface area contributed by atoms with E-state index in [0.717, 1.165) is 5.56 Å². The van der Waals surface area contributed by atoms with Gasteiger partial charge in [-0.3, -0.25) is 9.59 Å². The topological polar surface area (TPSA) is 108 Å². The molecule has 42 heavy (non-hydrogen) atoms. The van der Waals surface area contributed by atoms with Crippen molar-refractivity contribution in [2.75, 3.05) is 6.61 Å². The lowest BCUT2D eigenvalue weighted by Crippen LogP contribution is -2.75. The summed E-state index contributed by atoms with van der Waals surface area (Å²) in [6.07, 6.45) is 0.293. The van der Waals surface area contributed by atoms with E-state index < -0.39 is 58.9 Å². The van der Waals surface area contributed by atoms with Gasteiger partial charge in [0, 0.05) is 12.8 Å². The number of ketones is 1. The number of carbonyl (C=O) groups excluding carboxylic acids is 3. The molecule has 2 saturated carbocycles. The van der Waals surface area contributed by atoms with Gasteiger partial charge < -0.3 is 24.1 Å². The number of ether oxygens (including phenoxy) is 4. The first-order chi connectivity index (χ1) is 19.9. The number of hydrogen-bond acceptors (Lipinski definition) is 8. The average molecular weight is 577 g/mol. The van der Waals surface area contributed by atoms with Crippen LogP contribution in [0.3, 0.4) is 0 Å². The van der Waals surface area contributed by atoms with Crippen molar-refractivity contribution in [3.8, 4) is 0 Å². The Morgan fingerprint density at radius 3 is 2.29 bits per heavy atom. The highest BCUT2D eigenvalue weighted by molar-refractivity contribution is 5.94. The lowest BCUT2D eigenvalue weighted by atomic mass is 9.49. The first-order valence-electron chi connectivity index (χ1n) is 14.6. The van der Waals surface area contributed by atoms with Gasteiger partial charge in [-0.05, 0) is 56.4 Å². The molecular formula is C34H40O8. The Hall–Kier alpha value is -3.33. The van der Waals surface area contributed by atoms with Crippen molar-refractivity contribution in [3.05, 3.63) is 77.9 Å². The Morgan fingerprint density at radius 2 is 1.64 bits per heavy atom. The quantitative estimate of drug-likeness (QED) is 0.353. The van der Waals surface area contributed by atoms with Gasteiger partial charge in [-0.25, -0.2) is 4.79 Å². The first kappa shape index (κ1) is 30.1. The van der Waals surface area contributed by atoms with Crippen LogP contribution >= 0.6 is 0 Å². The Balaban J connectivity index is 1.51. The number of benzene rings is 2. The Bertz CT molecular complexity index is 1340. The van der Waals surface area contributed by atoms with E-state index in [1.807, 2.05) is 58.0 Å². The normalized spacial score (nSPS) is 34.9. The van der Waals surface area contributed by atoms with Crippen molar-refractivity contribution in [1.82, 2.24) is 0 Å². The van der Waals surface area contributed by atoms with Crippen molar-refractivity contribution in [3.63, 3.8) is 0 Å². The maximum atomic E-state index is 13.4. The van der Waals surface area contributed by atoms with E-state index in [9.17, 15) is 19.5 Å². The molecule has 1 saturated heterocycles. The second-order valence-corrected chi connectivity index (χ2v) is 12.6. The molecule has 8 nitrogen and oxygen atoms in total. The van der Waals surface area contributed by atoms with Crippen LogP contribution in [0, 0.1) is 17.3 Å². The van der Waals surface area contributed by atoms with E-state index in [1.165, 1.54) is 13.0 Å². The minimum atomic E-state index is -1.35. The zero-order valence-corrected chi connectivity index (χ0v) is 24.8. The second kappa shape index (κ2) is 11.4. The van der Waals surface area contributed by atoms with Crippen molar-refractivity contribution in [1.29, 1.82) is 0 Å². The highest BCUT2D eigenvalue weighted by Gasteiger charge is 2.76. The number of aliphatic hydroxyl groups is 1. The summed E-state index contributed by atoms with van der Waals surface area (Å²) in [6, 6.07) is 18.1. The summed E-state index contributed by atoms with van der Waals surface area (Å²) in [5, 5.41) is 11.8. The van der Waals surface area contributed by atoms with Crippen LogP contribution in [0.5, 0.6) is 0 Å². The van der Waals surface area contributed by atoms with Crippen LogP contribution < -0.4 is 0 Å². The lowest BCUT2D eigenvalue weighted by Gasteiger charge is -2.62. The molecule has 8 heteroatoms. The smallest absolute Gasteiger partial charge is 0.338 e. The molecule has 2 aromatic rings. The second-order valence-electron chi connectivity index (χ2n) is 12.6. The van der Waals surface area contributed by atoms with Gasteiger partial charge in [-0.1, -0.05) is 68.5 Å². The molecule has 3 aliphatic rings. The molecule has 0 amide bonds. The van der Waals surface area contributed by atoms with Crippen LogP contribution in [-0.2, 0) is 28.5 Å². The van der Waals surface area contributed by atoms with Crippen LogP contribution in [0.1, 0.15) is 63.4 Å². The first-order valence-corrected chi connectivity index (χ1v) is 14.6. The van der Waals surface area contributed by atoms with Gasteiger partial charge in [0.15, 0.2) is 5.78 Å². The van der Waals surface area contributed by atoms with E-state index >= 15 is 0 Å². The van der Waals surface area contributed by atoms with Crippen LogP contribution in [0.15, 0.2) is 66.7 Å². The number of hydrogen-bond donors (Lipinski definition) is 1. The zero-order valence-electron chi connectivity index (χ0n) is 24.8. The summed E-state index contributed by atoms with van der Waals surface area (Å²) in [5.41, 5.74) is -1.41. The maximum absolute atomic E-state index is 13.4. The van der Waals surface area contributed by atoms with Gasteiger partial charge in [0.2, 0.25) is 0 Å². The summed E-state index contributed by atoms with van der Waals surface area (Å²) in [7, 11) is 0. The maximum Gasteiger partial charge on any atom is 0.338 e. The van der Waals surface area contributed by atoms with Crippen LogP contribution in [0.4, 0.5) is 0 Å². The minimum Gasteiger partial charge on any atom is -0.459 e. The van der Waals surface area contributed by atoms with Crippen molar-refractivity contribution < 1.29 is 38.4 Å². The highest BCUT2D eigenvalue weighted by Crippen LogP contribution is 2.67. The summed E-state index contributed by atoms with van der Waals surface area (Å²) in [4.78, 5) is 38.5. The summed E-state index contributed by atoms with van der Waals surface area (Å²) in [5.74, 6) is -1.78. The van der Waals surface area contributed by atoms with Gasteiger partial charge in [0.25, 0.3) is 0 Å². The third-order valence-electron chi connectivity index (χ3n) is 9.76. The molecule has 0 radical (unpaired) electrons. The van der Waals surface area contributed by atoms with Gasteiger partial charge in [-0.15, -0.1) is 0 Å². The highest BCUT2D eigenvalue weighted by atomic mass is 16.6. The molecule has 1 N–H and O–H groups in total. The average Bonchev–Trinajstić information content (AvgIpc) is 3.21. The number of carbonyl (C=O) groups is 3. The van der Waals surface area contributed by atoms with Gasteiger partial charge >= 0.3 is 11.9 Å². The molecule has 8 unspecified atom stereocenters. The fourth-order valence-corrected chi connectivity index (χ4v) is 7.50. The van der Waals surface area contributed by atoms with Crippen LogP contribution in [-0.4, -0.2) is 65.1 Å². The number of fused-ring (bicyclic) bond motifs is 1. The minimum absolute atomic E-state index is 0.0617. The summed E-state index contributed by atoms with van der Waals surface area (Å²) < 4.78 is 25.2. The standard InChI is InChI=1S/C34H40O8/c1-21-29(40-22(2)35)28(37)30(41-31(38)24-14-10-7-11-15-24)33(5)27(18-25-19-34(21,33)42-32(25,3)4)39-20-26(36)17-16-23-12-8-6-9-13-23/h6-17,21,25,27-30,37H,18-20H2,1-5H3/b17-16+. The van der Waals surface area contributed by atoms with Crippen molar-refractivity contribution >= 4 is 23.8 Å². The number of rotatable bonds is 8. The number of esters is 2. The zero-order chi connectivity index (χ0) is 30.3. The third kappa shape index (κ3) is 5.21. The molecular weight excluding hydrogens is 536 g/mol. The Morgan fingerprint density at radius 1 is 1.00 bits per heavy atom. The van der Waals surface area contributed by atoms with Crippen molar-refractivity contribution in [2.24, 2.45) is 17.3 Å². The van der Waals surface area contributed by atoms with E-state index in [2.05, 4.69) is 0 Å². The SMILES string of the molecule is CC(=O)OC1C(O)C(OC(=O)c2ccccc2)C2(C)C(OCC(=O)/C=C/c3ccccc3)CC3CC2(OC3(C)C)C1C. The third-order valence-corrected chi connectivity index (χ3v) is 9.76. The molecule has 224 valence electrons. The largest absolute Gasteiger partial charge is 0.459 e. The molecule has 1 spiro atoms. The van der Waals surface area contributed by atoms with E-state index in [4.69, 9.17) is 18.9 Å². The molecule has 8 atom stereocenters. The van der Waals surface area contributed by atoms with E-state index in [-0.39, 0.29) is 18.3 Å². The van der Waals surface area contributed by atoms with Gasteiger partial charge in [-0.2, -0.15) is 0 Å². The Kier molecular flexibility index (Phi) is 8.18. The summed E-state index contributed by atoms with van der Waals surface area (Å²) >= 11 is 0. The monoisotopic (exact) mass is 576 g/mol. The van der Waals surface area contributed by atoms with E-state index in [1.54, 1.807) is 36.4 Å².